The Kier molecular flexibility index (Phi) is 3.52. The summed E-state index contributed by atoms with van der Waals surface area (Å²) < 4.78 is 0. The molecule has 3 heteroatoms. The maximum atomic E-state index is 4.46. The fraction of sp³-hybridized carbons (Fsp3) is 0.625. The molecule has 0 aliphatic heterocycles. The van der Waals surface area contributed by atoms with Gasteiger partial charge in [-0.1, -0.05) is 29.8 Å². The summed E-state index contributed by atoms with van der Waals surface area (Å²) in [6, 6.07) is 0. The van der Waals surface area contributed by atoms with Gasteiger partial charge in [0.25, 0.3) is 0 Å². The minimum absolute atomic E-state index is 0.540. The van der Waals surface area contributed by atoms with Crippen molar-refractivity contribution in [2.24, 2.45) is 0 Å². The molecule has 1 atom stereocenters. The van der Waals surface area contributed by atoms with Crippen LogP contribution in [0.4, 0.5) is 0 Å². The molecule has 0 N–H and O–H groups in total. The number of aryl methyl sites for hydroxylation is 1. The molecule has 1 nitrogen and oxygen atoms in total. The Morgan fingerprint density at radius 1 is 1.73 bits per heavy atom. The zero-order valence-electron chi connectivity index (χ0n) is 6.80. The molecule has 1 rings (SSSR count). The van der Waals surface area contributed by atoms with Crippen molar-refractivity contribution in [3.05, 3.63) is 16.1 Å². The van der Waals surface area contributed by atoms with Gasteiger partial charge in [-0.05, 0) is 6.42 Å². The Hall–Kier alpha value is 0.110. The van der Waals surface area contributed by atoms with Gasteiger partial charge in [-0.3, -0.25) is 0 Å². The van der Waals surface area contributed by atoms with E-state index < -0.39 is 0 Å². The highest BCUT2D eigenvalue weighted by Crippen LogP contribution is 2.14. The van der Waals surface area contributed by atoms with Crippen molar-refractivity contribution in [3.8, 4) is 0 Å². The van der Waals surface area contributed by atoms with Crippen LogP contribution >= 0.6 is 27.3 Å². The second-order valence-corrected chi connectivity index (χ2v) is 5.08. The van der Waals surface area contributed by atoms with Crippen LogP contribution < -0.4 is 0 Å². The summed E-state index contributed by atoms with van der Waals surface area (Å²) >= 11 is 5.27. The van der Waals surface area contributed by atoms with E-state index in [1.807, 2.05) is 0 Å². The van der Waals surface area contributed by atoms with Gasteiger partial charge in [0.1, 0.15) is 0 Å². The number of hydrogen-bond donors (Lipinski definition) is 0. The first-order valence-electron chi connectivity index (χ1n) is 3.79. The fourth-order valence-electron chi connectivity index (χ4n) is 0.846. The second kappa shape index (κ2) is 4.21. The number of hydrogen-bond acceptors (Lipinski definition) is 2. The standard InChI is InChI=1S/C8H12BrNS/c1-3-7-5-11-8(10-7)4-6(2)9/h5-6H,3-4H2,1-2H3. The number of thiazole rings is 1. The molecule has 0 saturated heterocycles. The van der Waals surface area contributed by atoms with Gasteiger partial charge >= 0.3 is 0 Å². The van der Waals surface area contributed by atoms with E-state index in [9.17, 15) is 0 Å². The van der Waals surface area contributed by atoms with E-state index in [-0.39, 0.29) is 0 Å². The molecule has 11 heavy (non-hydrogen) atoms. The van der Waals surface area contributed by atoms with Crippen molar-refractivity contribution in [1.29, 1.82) is 0 Å². The number of halogens is 1. The molecule has 1 heterocycles. The van der Waals surface area contributed by atoms with Crippen LogP contribution in [-0.4, -0.2) is 9.81 Å². The van der Waals surface area contributed by atoms with E-state index in [0.29, 0.717) is 4.83 Å². The van der Waals surface area contributed by atoms with Crippen LogP contribution in [0.1, 0.15) is 24.5 Å². The molecule has 0 aliphatic rings. The van der Waals surface area contributed by atoms with Gasteiger partial charge in [-0.25, -0.2) is 4.98 Å². The summed E-state index contributed by atoms with van der Waals surface area (Å²) in [6.07, 6.45) is 2.10. The molecule has 0 amide bonds. The molecule has 62 valence electrons. The van der Waals surface area contributed by atoms with Crippen molar-refractivity contribution in [1.82, 2.24) is 4.98 Å². The maximum absolute atomic E-state index is 4.46. The van der Waals surface area contributed by atoms with Gasteiger partial charge in [-0.2, -0.15) is 0 Å². The number of nitrogens with zero attached hydrogens (tertiary/aromatic N) is 1. The van der Waals surface area contributed by atoms with Crippen molar-refractivity contribution in [2.45, 2.75) is 31.5 Å². The van der Waals surface area contributed by atoms with Crippen LogP contribution in [0, 0.1) is 0 Å². The van der Waals surface area contributed by atoms with Crippen LogP contribution in [-0.2, 0) is 12.8 Å². The first kappa shape index (κ1) is 9.20. The van der Waals surface area contributed by atoms with Crippen LogP contribution in [0.15, 0.2) is 5.38 Å². The van der Waals surface area contributed by atoms with Crippen LogP contribution in [0.5, 0.6) is 0 Å². The summed E-state index contributed by atoms with van der Waals surface area (Å²) in [6.45, 7) is 4.28. The first-order chi connectivity index (χ1) is 5.22. The Morgan fingerprint density at radius 3 is 2.91 bits per heavy atom. The first-order valence-corrected chi connectivity index (χ1v) is 5.59. The molecule has 0 aromatic carbocycles. The highest BCUT2D eigenvalue weighted by Gasteiger charge is 2.03. The van der Waals surface area contributed by atoms with E-state index in [0.717, 1.165) is 12.8 Å². The average Bonchev–Trinajstić information content (AvgIpc) is 2.34. The van der Waals surface area contributed by atoms with Crippen molar-refractivity contribution >= 4 is 27.3 Å². The molecule has 0 bridgehead atoms. The molecule has 0 saturated carbocycles. The predicted molar refractivity (Wildman–Crippen MR) is 53.6 cm³/mol. The predicted octanol–water partition coefficient (Wildman–Crippen LogP) is 3.03. The molecule has 1 aromatic heterocycles. The lowest BCUT2D eigenvalue weighted by Gasteiger charge is -1.96. The fourth-order valence-corrected chi connectivity index (χ4v) is 2.37. The summed E-state index contributed by atoms with van der Waals surface area (Å²) in [7, 11) is 0. The quantitative estimate of drug-likeness (QED) is 0.732. The van der Waals surface area contributed by atoms with Gasteiger partial charge in [0.05, 0.1) is 10.7 Å². The van der Waals surface area contributed by atoms with Crippen LogP contribution in [0.2, 0.25) is 0 Å². The minimum atomic E-state index is 0.540. The third-order valence-corrected chi connectivity index (χ3v) is 2.66. The van der Waals surface area contributed by atoms with Crippen LogP contribution in [0.3, 0.4) is 0 Å². The number of aromatic nitrogens is 1. The number of rotatable bonds is 3. The van der Waals surface area contributed by atoms with Crippen molar-refractivity contribution < 1.29 is 0 Å². The lowest BCUT2D eigenvalue weighted by atomic mass is 10.3. The molecule has 1 aromatic rings. The normalized spacial score (nSPS) is 13.4. The van der Waals surface area contributed by atoms with Gasteiger partial charge in [0, 0.05) is 16.6 Å². The molecule has 0 fully saturated rings. The molecule has 0 aliphatic carbocycles. The third-order valence-electron chi connectivity index (χ3n) is 1.42. The summed E-state index contributed by atoms with van der Waals surface area (Å²) in [5.74, 6) is 0. The maximum Gasteiger partial charge on any atom is 0.0939 e. The molecular weight excluding hydrogens is 222 g/mol. The Bertz CT molecular complexity index is 220. The highest BCUT2D eigenvalue weighted by atomic mass is 79.9. The molecule has 1 unspecified atom stereocenters. The summed E-state index contributed by atoms with van der Waals surface area (Å²) in [5.41, 5.74) is 1.22. The largest absolute Gasteiger partial charge is 0.246 e. The highest BCUT2D eigenvalue weighted by molar-refractivity contribution is 9.09. The van der Waals surface area contributed by atoms with Gasteiger partial charge < -0.3 is 0 Å². The molecular formula is C8H12BrNS. The average molecular weight is 234 g/mol. The lowest BCUT2D eigenvalue weighted by Crippen LogP contribution is -1.95. The van der Waals surface area contributed by atoms with E-state index in [1.165, 1.54) is 10.7 Å². The van der Waals surface area contributed by atoms with Crippen molar-refractivity contribution in [2.75, 3.05) is 0 Å². The minimum Gasteiger partial charge on any atom is -0.246 e. The zero-order valence-corrected chi connectivity index (χ0v) is 9.20. The zero-order chi connectivity index (χ0) is 8.27. The van der Waals surface area contributed by atoms with Gasteiger partial charge in [-0.15, -0.1) is 11.3 Å². The topological polar surface area (TPSA) is 12.9 Å². The van der Waals surface area contributed by atoms with Gasteiger partial charge in [0.15, 0.2) is 0 Å². The monoisotopic (exact) mass is 233 g/mol. The lowest BCUT2D eigenvalue weighted by molar-refractivity contribution is 0.922. The molecule has 0 spiro atoms. The van der Waals surface area contributed by atoms with E-state index in [2.05, 4.69) is 40.1 Å². The van der Waals surface area contributed by atoms with E-state index in [4.69, 9.17) is 0 Å². The van der Waals surface area contributed by atoms with E-state index in [1.54, 1.807) is 11.3 Å². The number of alkyl halides is 1. The summed E-state index contributed by atoms with van der Waals surface area (Å²) in [5, 5.41) is 3.39. The second-order valence-electron chi connectivity index (χ2n) is 2.57. The Labute approximate surface area is 80.0 Å². The van der Waals surface area contributed by atoms with E-state index >= 15 is 0 Å². The third kappa shape index (κ3) is 2.91. The SMILES string of the molecule is CCc1csc(CC(C)Br)n1. The smallest absolute Gasteiger partial charge is 0.0939 e. The van der Waals surface area contributed by atoms with Crippen LogP contribution in [0.25, 0.3) is 0 Å². The molecule has 0 radical (unpaired) electrons. The summed E-state index contributed by atoms with van der Waals surface area (Å²) in [4.78, 5) is 5.00. The van der Waals surface area contributed by atoms with Crippen molar-refractivity contribution in [3.63, 3.8) is 0 Å². The Morgan fingerprint density at radius 2 is 2.45 bits per heavy atom. The van der Waals surface area contributed by atoms with Gasteiger partial charge in [0.2, 0.25) is 0 Å². The Balaban J connectivity index is 2.58.